The third-order valence-electron chi connectivity index (χ3n) is 6.70. The highest BCUT2D eigenvalue weighted by Crippen LogP contribution is 2.26. The number of benzene rings is 1. The van der Waals surface area contributed by atoms with Gasteiger partial charge in [-0.25, -0.2) is 4.98 Å². The van der Waals surface area contributed by atoms with Crippen molar-refractivity contribution in [1.82, 2.24) is 14.8 Å². The van der Waals surface area contributed by atoms with E-state index in [0.717, 1.165) is 63.8 Å². The van der Waals surface area contributed by atoms with Crippen LogP contribution in [0.5, 0.6) is 5.75 Å². The number of amides is 1. The maximum Gasteiger partial charge on any atom is 0.222 e. The molecule has 2 aromatic rings. The van der Waals surface area contributed by atoms with Crippen LogP contribution in [0.3, 0.4) is 0 Å². The van der Waals surface area contributed by atoms with E-state index in [2.05, 4.69) is 33.5 Å². The molecule has 6 nitrogen and oxygen atoms in total. The summed E-state index contributed by atoms with van der Waals surface area (Å²) in [5.74, 6) is 2.83. The van der Waals surface area contributed by atoms with E-state index in [1.807, 2.05) is 41.4 Å². The number of hydrogen-bond donors (Lipinski definition) is 0. The van der Waals surface area contributed by atoms with E-state index in [0.29, 0.717) is 24.9 Å². The lowest BCUT2D eigenvalue weighted by Crippen LogP contribution is -2.49. The Labute approximate surface area is 197 Å². The summed E-state index contributed by atoms with van der Waals surface area (Å²) in [4.78, 5) is 24.1. The van der Waals surface area contributed by atoms with Crippen molar-refractivity contribution in [2.75, 3.05) is 50.8 Å². The topological polar surface area (TPSA) is 48.9 Å². The number of likely N-dealkylation sites (tertiary alicyclic amines) is 1. The summed E-state index contributed by atoms with van der Waals surface area (Å²) in [6, 6.07) is 14.3. The van der Waals surface area contributed by atoms with Gasteiger partial charge in [0.15, 0.2) is 0 Å². The van der Waals surface area contributed by atoms with Crippen molar-refractivity contribution < 1.29 is 9.53 Å². The zero-order chi connectivity index (χ0) is 22.9. The van der Waals surface area contributed by atoms with Gasteiger partial charge in [0.05, 0.1) is 0 Å². The minimum atomic E-state index is 0.302. The van der Waals surface area contributed by atoms with E-state index < -0.39 is 0 Å². The van der Waals surface area contributed by atoms with Gasteiger partial charge in [0.1, 0.15) is 18.2 Å². The molecule has 33 heavy (non-hydrogen) atoms. The van der Waals surface area contributed by atoms with Gasteiger partial charge in [-0.05, 0) is 49.9 Å². The molecule has 1 aromatic heterocycles. The first-order valence-corrected chi connectivity index (χ1v) is 12.2. The predicted molar refractivity (Wildman–Crippen MR) is 132 cm³/mol. The quantitative estimate of drug-likeness (QED) is 0.543. The largest absolute Gasteiger partial charge is 0.489 e. The molecule has 0 N–H and O–H groups in total. The summed E-state index contributed by atoms with van der Waals surface area (Å²) >= 11 is 0. The fourth-order valence-electron chi connectivity index (χ4n) is 4.91. The number of piperazine rings is 1. The number of anilines is 1. The van der Waals surface area contributed by atoms with Crippen molar-refractivity contribution in [2.45, 2.75) is 32.2 Å². The van der Waals surface area contributed by atoms with Crippen LogP contribution in [0.1, 0.15) is 31.2 Å². The summed E-state index contributed by atoms with van der Waals surface area (Å²) < 4.78 is 5.83. The molecule has 0 radical (unpaired) electrons. The standard InChI is InChI=1S/C27H36N4O2/c1-2-20-33-25-10-4-3-9-24(25)22-29-15-7-8-23(21-29)12-13-27(32)31-18-16-30(17-19-31)26-11-5-6-14-28-26/h2-6,9-11,14,23H,1,7-8,12-13,15-22H2/t23-/m1/s1. The van der Waals surface area contributed by atoms with Crippen molar-refractivity contribution >= 4 is 11.7 Å². The Balaban J connectivity index is 1.22. The molecule has 0 saturated carbocycles. The second kappa shape index (κ2) is 11.8. The molecule has 2 saturated heterocycles. The third kappa shape index (κ3) is 6.57. The van der Waals surface area contributed by atoms with Gasteiger partial charge in [-0.3, -0.25) is 9.69 Å². The third-order valence-corrected chi connectivity index (χ3v) is 6.70. The van der Waals surface area contributed by atoms with E-state index >= 15 is 0 Å². The smallest absolute Gasteiger partial charge is 0.222 e. The first-order chi connectivity index (χ1) is 16.2. The van der Waals surface area contributed by atoms with Crippen LogP contribution in [0, 0.1) is 5.92 Å². The Morgan fingerprint density at radius 1 is 1.09 bits per heavy atom. The van der Waals surface area contributed by atoms with E-state index in [1.54, 1.807) is 6.08 Å². The lowest BCUT2D eigenvalue weighted by atomic mass is 9.92. The molecule has 0 aliphatic carbocycles. The van der Waals surface area contributed by atoms with Crippen molar-refractivity contribution in [2.24, 2.45) is 5.92 Å². The fraction of sp³-hybridized carbons (Fsp3) is 0.481. The minimum absolute atomic E-state index is 0.302. The minimum Gasteiger partial charge on any atom is -0.489 e. The van der Waals surface area contributed by atoms with Gasteiger partial charge in [0, 0.05) is 57.4 Å². The van der Waals surface area contributed by atoms with Crippen molar-refractivity contribution in [3.05, 3.63) is 66.9 Å². The molecule has 0 bridgehead atoms. The average molecular weight is 449 g/mol. The summed E-state index contributed by atoms with van der Waals surface area (Å²) in [6.07, 6.45) is 7.64. The van der Waals surface area contributed by atoms with Gasteiger partial charge in [-0.2, -0.15) is 0 Å². The van der Waals surface area contributed by atoms with Gasteiger partial charge in [-0.15, -0.1) is 0 Å². The summed E-state index contributed by atoms with van der Waals surface area (Å²) in [5.41, 5.74) is 1.22. The van der Waals surface area contributed by atoms with Crippen LogP contribution in [0.25, 0.3) is 0 Å². The van der Waals surface area contributed by atoms with Crippen molar-refractivity contribution in [3.63, 3.8) is 0 Å². The van der Waals surface area contributed by atoms with Gasteiger partial charge >= 0.3 is 0 Å². The molecule has 4 rings (SSSR count). The van der Waals surface area contributed by atoms with Crippen LogP contribution in [0.2, 0.25) is 0 Å². The molecular weight excluding hydrogens is 412 g/mol. The summed E-state index contributed by atoms with van der Waals surface area (Å²) in [6.45, 7) is 10.6. The molecule has 2 aliphatic heterocycles. The molecule has 2 fully saturated rings. The average Bonchev–Trinajstić information content (AvgIpc) is 2.87. The summed E-state index contributed by atoms with van der Waals surface area (Å²) in [5, 5.41) is 0. The Hall–Kier alpha value is -2.86. The number of aromatic nitrogens is 1. The molecule has 2 aliphatic rings. The number of ether oxygens (including phenoxy) is 1. The molecule has 3 heterocycles. The zero-order valence-corrected chi connectivity index (χ0v) is 19.6. The normalized spacial score (nSPS) is 19.3. The second-order valence-corrected chi connectivity index (χ2v) is 9.05. The van der Waals surface area contributed by atoms with Gasteiger partial charge in [0.2, 0.25) is 5.91 Å². The number of carbonyl (C=O) groups is 1. The van der Waals surface area contributed by atoms with Crippen LogP contribution in [0.4, 0.5) is 5.82 Å². The molecule has 1 amide bonds. The number of carbonyl (C=O) groups excluding carboxylic acids is 1. The molecule has 0 unspecified atom stereocenters. The van der Waals surface area contributed by atoms with E-state index in [4.69, 9.17) is 4.74 Å². The lowest BCUT2D eigenvalue weighted by molar-refractivity contribution is -0.131. The molecule has 1 atom stereocenters. The maximum absolute atomic E-state index is 12.9. The van der Waals surface area contributed by atoms with Crippen LogP contribution in [-0.4, -0.2) is 66.6 Å². The Morgan fingerprint density at radius 2 is 1.91 bits per heavy atom. The highest BCUT2D eigenvalue weighted by atomic mass is 16.5. The van der Waals surface area contributed by atoms with Crippen molar-refractivity contribution in [3.8, 4) is 5.75 Å². The Kier molecular flexibility index (Phi) is 8.36. The van der Waals surface area contributed by atoms with E-state index in [9.17, 15) is 4.79 Å². The number of piperidine rings is 1. The van der Waals surface area contributed by atoms with Crippen molar-refractivity contribution in [1.29, 1.82) is 0 Å². The maximum atomic E-state index is 12.9. The molecule has 0 spiro atoms. The lowest BCUT2D eigenvalue weighted by Gasteiger charge is -2.36. The van der Waals surface area contributed by atoms with Gasteiger partial charge in [-0.1, -0.05) is 36.9 Å². The number of nitrogens with zero attached hydrogens (tertiary/aromatic N) is 4. The monoisotopic (exact) mass is 448 g/mol. The first kappa shape index (κ1) is 23.3. The van der Waals surface area contributed by atoms with Crippen LogP contribution >= 0.6 is 0 Å². The van der Waals surface area contributed by atoms with Crippen LogP contribution < -0.4 is 9.64 Å². The SMILES string of the molecule is C=CCOc1ccccc1CN1CCC[C@H](CCC(=O)N2CCN(c3ccccn3)CC2)C1. The second-order valence-electron chi connectivity index (χ2n) is 9.05. The van der Waals surface area contributed by atoms with Crippen LogP contribution in [-0.2, 0) is 11.3 Å². The fourth-order valence-corrected chi connectivity index (χ4v) is 4.91. The van der Waals surface area contributed by atoms with E-state index in [1.165, 1.54) is 18.4 Å². The first-order valence-electron chi connectivity index (χ1n) is 12.2. The zero-order valence-electron chi connectivity index (χ0n) is 19.6. The number of rotatable bonds is 9. The number of pyridine rings is 1. The number of hydrogen-bond acceptors (Lipinski definition) is 5. The molecule has 1 aromatic carbocycles. The van der Waals surface area contributed by atoms with Crippen LogP contribution in [0.15, 0.2) is 61.3 Å². The Morgan fingerprint density at radius 3 is 2.70 bits per heavy atom. The van der Waals surface area contributed by atoms with E-state index in [-0.39, 0.29) is 0 Å². The number of para-hydroxylation sites is 1. The predicted octanol–water partition coefficient (Wildman–Crippen LogP) is 3.99. The van der Waals surface area contributed by atoms with Gasteiger partial charge in [0.25, 0.3) is 0 Å². The Bertz CT molecular complexity index is 896. The summed E-state index contributed by atoms with van der Waals surface area (Å²) in [7, 11) is 0. The molecule has 6 heteroatoms. The highest BCUT2D eigenvalue weighted by Gasteiger charge is 2.25. The highest BCUT2D eigenvalue weighted by molar-refractivity contribution is 5.76. The van der Waals surface area contributed by atoms with Gasteiger partial charge < -0.3 is 14.5 Å². The molecular formula is C27H36N4O2. The molecule has 176 valence electrons.